The highest BCUT2D eigenvalue weighted by atomic mass is 15.3. The maximum Gasteiger partial charge on any atom is 0.223 e. The van der Waals surface area contributed by atoms with Crippen LogP contribution in [0.1, 0.15) is 5.56 Å². The van der Waals surface area contributed by atoms with Gasteiger partial charge in [-0.3, -0.25) is 0 Å². The second kappa shape index (κ2) is 4.99. The van der Waals surface area contributed by atoms with Gasteiger partial charge in [-0.25, -0.2) is 5.84 Å². The quantitative estimate of drug-likeness (QED) is 0.465. The SMILES string of the molecule is N#Cc1ccc(Nc2cc(NN)nc(N)n2)cc1. The Morgan fingerprint density at radius 1 is 1.11 bits per heavy atom. The Morgan fingerprint density at radius 3 is 2.39 bits per heavy atom. The second-order valence-corrected chi connectivity index (χ2v) is 3.46. The van der Waals surface area contributed by atoms with Crippen molar-refractivity contribution in [3.05, 3.63) is 35.9 Å². The number of nitriles is 1. The van der Waals surface area contributed by atoms with Gasteiger partial charge in [-0.1, -0.05) is 0 Å². The first-order valence-electron chi connectivity index (χ1n) is 5.09. The Hall–Kier alpha value is -2.85. The largest absolute Gasteiger partial charge is 0.368 e. The molecule has 0 spiro atoms. The number of nitrogen functional groups attached to an aromatic ring is 2. The van der Waals surface area contributed by atoms with E-state index < -0.39 is 0 Å². The predicted molar refractivity (Wildman–Crippen MR) is 68.7 cm³/mol. The van der Waals surface area contributed by atoms with Crippen LogP contribution in [-0.2, 0) is 0 Å². The molecule has 0 bridgehead atoms. The van der Waals surface area contributed by atoms with Gasteiger partial charge in [0.05, 0.1) is 11.6 Å². The van der Waals surface area contributed by atoms with E-state index in [9.17, 15) is 0 Å². The zero-order valence-corrected chi connectivity index (χ0v) is 9.38. The van der Waals surface area contributed by atoms with Gasteiger partial charge in [0.2, 0.25) is 5.95 Å². The fourth-order valence-corrected chi connectivity index (χ4v) is 1.38. The van der Waals surface area contributed by atoms with Crippen molar-refractivity contribution in [2.45, 2.75) is 0 Å². The van der Waals surface area contributed by atoms with Crippen LogP contribution in [0.2, 0.25) is 0 Å². The molecular formula is C11H11N7. The molecule has 0 fully saturated rings. The average molecular weight is 241 g/mol. The predicted octanol–water partition coefficient (Wildman–Crippen LogP) is 0.960. The first-order valence-corrected chi connectivity index (χ1v) is 5.09. The highest BCUT2D eigenvalue weighted by Gasteiger charge is 2.02. The summed E-state index contributed by atoms with van der Waals surface area (Å²) in [5.74, 6) is 6.30. The van der Waals surface area contributed by atoms with Crippen molar-refractivity contribution in [2.24, 2.45) is 5.84 Å². The minimum Gasteiger partial charge on any atom is -0.368 e. The average Bonchev–Trinajstić information content (AvgIpc) is 2.39. The molecule has 0 amide bonds. The lowest BCUT2D eigenvalue weighted by Crippen LogP contribution is -2.11. The summed E-state index contributed by atoms with van der Waals surface area (Å²) < 4.78 is 0. The number of hydrogen-bond donors (Lipinski definition) is 4. The van der Waals surface area contributed by atoms with Gasteiger partial charge in [0.25, 0.3) is 0 Å². The summed E-state index contributed by atoms with van der Waals surface area (Å²) in [6.45, 7) is 0. The summed E-state index contributed by atoms with van der Waals surface area (Å²) >= 11 is 0. The number of aromatic nitrogens is 2. The van der Waals surface area contributed by atoms with Crippen LogP contribution in [-0.4, -0.2) is 9.97 Å². The maximum atomic E-state index is 8.69. The van der Waals surface area contributed by atoms with E-state index in [2.05, 4.69) is 20.7 Å². The highest BCUT2D eigenvalue weighted by Crippen LogP contribution is 2.18. The Labute approximate surface area is 103 Å². The van der Waals surface area contributed by atoms with Crippen molar-refractivity contribution in [1.82, 2.24) is 9.97 Å². The number of anilines is 4. The number of nitrogens with two attached hydrogens (primary N) is 2. The summed E-state index contributed by atoms with van der Waals surface area (Å²) in [7, 11) is 0. The van der Waals surface area contributed by atoms with E-state index in [1.54, 1.807) is 30.3 Å². The Bertz CT molecular complexity index is 585. The number of rotatable bonds is 3. The van der Waals surface area contributed by atoms with E-state index in [-0.39, 0.29) is 5.95 Å². The molecule has 1 heterocycles. The molecule has 1 aromatic carbocycles. The minimum atomic E-state index is 0.113. The molecule has 6 N–H and O–H groups in total. The van der Waals surface area contributed by atoms with Gasteiger partial charge in [0.1, 0.15) is 11.6 Å². The van der Waals surface area contributed by atoms with E-state index in [4.69, 9.17) is 16.8 Å². The molecular weight excluding hydrogens is 230 g/mol. The minimum absolute atomic E-state index is 0.113. The Kier molecular flexibility index (Phi) is 3.22. The molecule has 0 aliphatic carbocycles. The van der Waals surface area contributed by atoms with Crippen molar-refractivity contribution < 1.29 is 0 Å². The monoisotopic (exact) mass is 241 g/mol. The summed E-state index contributed by atoms with van der Waals surface area (Å²) in [5.41, 5.74) is 9.31. The zero-order valence-electron chi connectivity index (χ0n) is 9.38. The molecule has 0 saturated heterocycles. The van der Waals surface area contributed by atoms with Gasteiger partial charge in [-0.2, -0.15) is 15.2 Å². The summed E-state index contributed by atoms with van der Waals surface area (Å²) in [6.07, 6.45) is 0. The molecule has 1 aromatic heterocycles. The molecule has 2 aromatic rings. The van der Waals surface area contributed by atoms with E-state index in [0.717, 1.165) is 5.69 Å². The van der Waals surface area contributed by atoms with Crippen LogP contribution in [0.25, 0.3) is 0 Å². The topological polar surface area (TPSA) is 126 Å². The molecule has 0 saturated carbocycles. The number of nitrogens with zero attached hydrogens (tertiary/aromatic N) is 3. The van der Waals surface area contributed by atoms with Crippen molar-refractivity contribution in [1.29, 1.82) is 5.26 Å². The van der Waals surface area contributed by atoms with Crippen LogP contribution >= 0.6 is 0 Å². The molecule has 18 heavy (non-hydrogen) atoms. The number of hydrazine groups is 1. The van der Waals surface area contributed by atoms with Crippen LogP contribution in [0.15, 0.2) is 30.3 Å². The van der Waals surface area contributed by atoms with Crippen LogP contribution in [0.3, 0.4) is 0 Å². The van der Waals surface area contributed by atoms with E-state index >= 15 is 0 Å². The van der Waals surface area contributed by atoms with Crippen molar-refractivity contribution >= 4 is 23.3 Å². The van der Waals surface area contributed by atoms with Gasteiger partial charge in [-0.05, 0) is 24.3 Å². The maximum absolute atomic E-state index is 8.69. The van der Waals surface area contributed by atoms with Crippen molar-refractivity contribution in [3.63, 3.8) is 0 Å². The number of nitrogens with one attached hydrogen (secondary N) is 2. The van der Waals surface area contributed by atoms with Gasteiger partial charge in [-0.15, -0.1) is 0 Å². The lowest BCUT2D eigenvalue weighted by Gasteiger charge is -2.07. The Morgan fingerprint density at radius 2 is 1.78 bits per heavy atom. The van der Waals surface area contributed by atoms with Gasteiger partial charge in [0.15, 0.2) is 0 Å². The molecule has 0 aliphatic heterocycles. The molecule has 0 aliphatic rings. The third-order valence-corrected chi connectivity index (χ3v) is 2.18. The normalized spacial score (nSPS) is 9.56. The molecule has 7 nitrogen and oxygen atoms in total. The number of benzene rings is 1. The Balaban J connectivity index is 2.22. The first-order chi connectivity index (χ1) is 8.71. The summed E-state index contributed by atoms with van der Waals surface area (Å²) in [4.78, 5) is 7.88. The molecule has 0 unspecified atom stereocenters. The molecule has 90 valence electrons. The lowest BCUT2D eigenvalue weighted by molar-refractivity contribution is 1.15. The smallest absolute Gasteiger partial charge is 0.223 e. The van der Waals surface area contributed by atoms with Gasteiger partial charge >= 0.3 is 0 Å². The van der Waals surface area contributed by atoms with E-state index in [1.165, 1.54) is 0 Å². The van der Waals surface area contributed by atoms with Crippen LogP contribution in [0.5, 0.6) is 0 Å². The fourth-order valence-electron chi connectivity index (χ4n) is 1.38. The third kappa shape index (κ3) is 2.63. The van der Waals surface area contributed by atoms with Crippen LogP contribution in [0.4, 0.5) is 23.3 Å². The van der Waals surface area contributed by atoms with E-state index in [1.807, 2.05) is 6.07 Å². The standard InChI is InChI=1S/C11H11N7/c12-6-7-1-3-8(4-2-7)15-9-5-10(18-14)17-11(13)16-9/h1-5H,14H2,(H4,13,15,16,17,18). The zero-order chi connectivity index (χ0) is 13.0. The highest BCUT2D eigenvalue weighted by molar-refractivity contribution is 5.61. The first kappa shape index (κ1) is 11.6. The molecule has 0 atom stereocenters. The molecule has 0 radical (unpaired) electrons. The second-order valence-electron chi connectivity index (χ2n) is 3.46. The molecule has 2 rings (SSSR count). The van der Waals surface area contributed by atoms with Gasteiger partial charge in [0, 0.05) is 11.8 Å². The number of hydrogen-bond acceptors (Lipinski definition) is 7. The van der Waals surface area contributed by atoms with Crippen LogP contribution < -0.4 is 22.3 Å². The molecule has 7 heteroatoms. The summed E-state index contributed by atoms with van der Waals surface area (Å²) in [5, 5.41) is 11.7. The third-order valence-electron chi connectivity index (χ3n) is 2.18. The summed E-state index contributed by atoms with van der Waals surface area (Å²) in [6, 6.07) is 10.6. The fraction of sp³-hybridized carbons (Fsp3) is 0. The van der Waals surface area contributed by atoms with Gasteiger partial charge < -0.3 is 16.5 Å². The van der Waals surface area contributed by atoms with Crippen molar-refractivity contribution in [2.75, 3.05) is 16.5 Å². The van der Waals surface area contributed by atoms with E-state index in [0.29, 0.717) is 17.2 Å². The lowest BCUT2D eigenvalue weighted by atomic mass is 10.2. The van der Waals surface area contributed by atoms with Crippen LogP contribution in [0, 0.1) is 11.3 Å². The van der Waals surface area contributed by atoms with Crippen molar-refractivity contribution in [3.8, 4) is 6.07 Å².